The molecule has 0 fully saturated rings. The standard InChI is InChI=1S/C35H32N2O8/c1-21-20-25(12-19-29(21)43-5)37(24-10-17-28(42-4)18-11-24)31-33-32(44-35(31)39)30(34(38)45-33)36(22-6-13-26(40-2)14-7-22)23-8-15-27(41-3)16-9-23/h6-19,21H,20H2,1-5H3. The predicted molar refractivity (Wildman–Crippen MR) is 167 cm³/mol. The van der Waals surface area contributed by atoms with E-state index in [2.05, 4.69) is 0 Å². The average molecular weight is 609 g/mol. The summed E-state index contributed by atoms with van der Waals surface area (Å²) in [7, 11) is 6.38. The molecule has 0 bridgehead atoms. The number of esters is 2. The number of carbonyl (C=O) groups is 2. The summed E-state index contributed by atoms with van der Waals surface area (Å²) < 4.78 is 33.4. The third-order valence-corrected chi connectivity index (χ3v) is 7.82. The first kappa shape index (κ1) is 29.4. The zero-order chi connectivity index (χ0) is 31.7. The second-order valence-electron chi connectivity index (χ2n) is 10.4. The monoisotopic (exact) mass is 608 g/mol. The second kappa shape index (κ2) is 12.2. The van der Waals surface area contributed by atoms with Crippen LogP contribution in [0.4, 0.5) is 17.1 Å². The van der Waals surface area contributed by atoms with Gasteiger partial charge in [0.25, 0.3) is 0 Å². The Morgan fingerprint density at radius 3 is 1.36 bits per heavy atom. The summed E-state index contributed by atoms with van der Waals surface area (Å²) in [6.07, 6.45) is 4.33. The van der Waals surface area contributed by atoms with Crippen molar-refractivity contribution < 1.29 is 38.0 Å². The highest BCUT2D eigenvalue weighted by molar-refractivity contribution is 6.07. The van der Waals surface area contributed by atoms with E-state index in [0.717, 1.165) is 11.5 Å². The van der Waals surface area contributed by atoms with E-state index in [1.807, 2.05) is 31.2 Å². The molecule has 0 saturated carbocycles. The number of hydrogen-bond donors (Lipinski definition) is 0. The largest absolute Gasteiger partial charge is 0.501 e. The molecule has 0 amide bonds. The van der Waals surface area contributed by atoms with Crippen LogP contribution in [-0.2, 0) is 23.8 Å². The molecular weight excluding hydrogens is 576 g/mol. The summed E-state index contributed by atoms with van der Waals surface area (Å²) >= 11 is 0. The number of carbonyl (C=O) groups excluding carboxylic acids is 2. The average Bonchev–Trinajstić information content (AvgIpc) is 3.55. The van der Waals surface area contributed by atoms with Gasteiger partial charge in [-0.3, -0.25) is 0 Å². The molecule has 45 heavy (non-hydrogen) atoms. The molecule has 3 aromatic rings. The highest BCUT2D eigenvalue weighted by Gasteiger charge is 2.48. The minimum absolute atomic E-state index is 0.0303. The van der Waals surface area contributed by atoms with Crippen LogP contribution < -0.4 is 24.0 Å². The van der Waals surface area contributed by atoms with Gasteiger partial charge in [-0.25, -0.2) is 9.59 Å². The Kier molecular flexibility index (Phi) is 7.95. The summed E-state index contributed by atoms with van der Waals surface area (Å²) in [6, 6.07) is 21.6. The fourth-order valence-electron chi connectivity index (χ4n) is 5.56. The number of benzene rings is 3. The summed E-state index contributed by atoms with van der Waals surface area (Å²) in [4.78, 5) is 31.0. The fraction of sp³-hybridized carbons (Fsp3) is 0.200. The Labute approximate surface area is 260 Å². The Balaban J connectivity index is 1.53. The van der Waals surface area contributed by atoms with E-state index in [9.17, 15) is 9.59 Å². The fourth-order valence-corrected chi connectivity index (χ4v) is 5.56. The zero-order valence-corrected chi connectivity index (χ0v) is 25.5. The first-order valence-electron chi connectivity index (χ1n) is 14.3. The van der Waals surface area contributed by atoms with Crippen LogP contribution >= 0.6 is 0 Å². The molecule has 6 rings (SSSR count). The van der Waals surface area contributed by atoms with E-state index in [1.165, 1.54) is 0 Å². The van der Waals surface area contributed by atoms with Crippen molar-refractivity contribution in [1.82, 2.24) is 0 Å². The topological polar surface area (TPSA) is 96.0 Å². The van der Waals surface area contributed by atoms with Crippen LogP contribution in [0.1, 0.15) is 13.3 Å². The Hall–Kier alpha value is -5.64. The van der Waals surface area contributed by atoms with E-state index in [4.69, 9.17) is 28.4 Å². The van der Waals surface area contributed by atoms with Gasteiger partial charge in [-0.15, -0.1) is 0 Å². The van der Waals surface area contributed by atoms with Crippen LogP contribution in [-0.4, -0.2) is 40.4 Å². The molecule has 10 nitrogen and oxygen atoms in total. The lowest BCUT2D eigenvalue weighted by Gasteiger charge is -2.31. The SMILES string of the molecule is COC1=CC=C(N(C2=C3OC(=O)C(N(c4ccc(OC)cc4)c4ccc(OC)cc4)=C3OC2=O)c2ccc(OC)cc2)CC1C. The quantitative estimate of drug-likeness (QED) is 0.242. The van der Waals surface area contributed by atoms with Gasteiger partial charge in [-0.1, -0.05) is 6.92 Å². The highest BCUT2D eigenvalue weighted by atomic mass is 16.6. The van der Waals surface area contributed by atoms with Gasteiger partial charge in [0.05, 0.1) is 34.2 Å². The number of ether oxygens (including phenoxy) is 6. The molecule has 10 heteroatoms. The smallest absolute Gasteiger partial charge is 0.365 e. The Morgan fingerprint density at radius 1 is 0.578 bits per heavy atom. The van der Waals surface area contributed by atoms with Gasteiger partial charge in [-0.2, -0.15) is 0 Å². The molecule has 3 aliphatic rings. The molecule has 1 atom stereocenters. The molecular formula is C35H32N2O8. The van der Waals surface area contributed by atoms with Gasteiger partial charge in [0.2, 0.25) is 11.5 Å². The first-order valence-corrected chi connectivity index (χ1v) is 14.3. The van der Waals surface area contributed by atoms with Crippen molar-refractivity contribution in [3.63, 3.8) is 0 Å². The van der Waals surface area contributed by atoms with Crippen molar-refractivity contribution in [3.8, 4) is 17.2 Å². The van der Waals surface area contributed by atoms with Crippen molar-refractivity contribution in [2.24, 2.45) is 5.92 Å². The minimum atomic E-state index is -0.668. The Bertz CT molecular complexity index is 1700. The summed E-state index contributed by atoms with van der Waals surface area (Å²) in [6.45, 7) is 2.04. The van der Waals surface area contributed by atoms with E-state index >= 15 is 0 Å². The molecule has 2 aliphatic heterocycles. The molecule has 0 radical (unpaired) electrons. The van der Waals surface area contributed by atoms with Crippen LogP contribution in [0.15, 0.2) is 119 Å². The number of allylic oxidation sites excluding steroid dienone is 4. The maximum atomic E-state index is 13.8. The molecule has 2 heterocycles. The van der Waals surface area contributed by atoms with E-state index in [0.29, 0.717) is 40.7 Å². The Morgan fingerprint density at radius 2 is 0.978 bits per heavy atom. The van der Waals surface area contributed by atoms with Gasteiger partial charge in [0.1, 0.15) is 17.2 Å². The summed E-state index contributed by atoms with van der Waals surface area (Å²) in [5.74, 6) is 1.56. The van der Waals surface area contributed by atoms with Crippen molar-refractivity contribution >= 4 is 29.0 Å². The molecule has 0 N–H and O–H groups in total. The lowest BCUT2D eigenvalue weighted by molar-refractivity contribution is -0.133. The molecule has 0 spiro atoms. The third kappa shape index (κ3) is 5.35. The lowest BCUT2D eigenvalue weighted by atomic mass is 9.96. The summed E-state index contributed by atoms with van der Waals surface area (Å²) in [5.41, 5.74) is 2.86. The van der Waals surface area contributed by atoms with Gasteiger partial charge >= 0.3 is 11.9 Å². The molecule has 1 aliphatic carbocycles. The van der Waals surface area contributed by atoms with Crippen molar-refractivity contribution in [2.75, 3.05) is 38.2 Å². The zero-order valence-electron chi connectivity index (χ0n) is 25.5. The molecule has 0 saturated heterocycles. The normalized spacial score (nSPS) is 17.2. The molecule has 3 aromatic carbocycles. The van der Waals surface area contributed by atoms with Crippen LogP contribution in [0.25, 0.3) is 0 Å². The number of anilines is 3. The van der Waals surface area contributed by atoms with Gasteiger partial charge in [0.15, 0.2) is 11.4 Å². The number of hydrogen-bond acceptors (Lipinski definition) is 10. The van der Waals surface area contributed by atoms with E-state index in [1.54, 1.807) is 98.9 Å². The number of rotatable bonds is 10. The number of fused-ring (bicyclic) bond motifs is 1. The second-order valence-corrected chi connectivity index (χ2v) is 10.4. The molecule has 1 unspecified atom stereocenters. The maximum absolute atomic E-state index is 13.8. The summed E-state index contributed by atoms with van der Waals surface area (Å²) in [5, 5.41) is 0. The molecule has 230 valence electrons. The predicted octanol–water partition coefficient (Wildman–Crippen LogP) is 6.35. The van der Waals surface area contributed by atoms with Gasteiger partial charge in [-0.05, 0) is 91.4 Å². The van der Waals surface area contributed by atoms with Crippen LogP contribution in [0.5, 0.6) is 17.2 Å². The first-order chi connectivity index (χ1) is 21.9. The van der Waals surface area contributed by atoms with Crippen LogP contribution in [0.2, 0.25) is 0 Å². The minimum Gasteiger partial charge on any atom is -0.501 e. The number of methoxy groups -OCH3 is 4. The highest BCUT2D eigenvalue weighted by Crippen LogP contribution is 2.46. The van der Waals surface area contributed by atoms with Crippen molar-refractivity contribution in [3.05, 3.63) is 119 Å². The number of nitrogens with zero attached hydrogens (tertiary/aromatic N) is 2. The van der Waals surface area contributed by atoms with Gasteiger partial charge < -0.3 is 38.2 Å². The van der Waals surface area contributed by atoms with Crippen molar-refractivity contribution in [2.45, 2.75) is 13.3 Å². The van der Waals surface area contributed by atoms with Crippen LogP contribution in [0.3, 0.4) is 0 Å². The maximum Gasteiger partial charge on any atom is 0.365 e. The van der Waals surface area contributed by atoms with E-state index < -0.39 is 11.9 Å². The lowest BCUT2D eigenvalue weighted by Crippen LogP contribution is -2.29. The van der Waals surface area contributed by atoms with Gasteiger partial charge in [0, 0.05) is 28.7 Å². The molecule has 0 aromatic heterocycles. The third-order valence-electron chi connectivity index (χ3n) is 7.82. The van der Waals surface area contributed by atoms with E-state index in [-0.39, 0.29) is 28.8 Å². The van der Waals surface area contributed by atoms with Crippen LogP contribution in [0, 0.1) is 5.92 Å². The van der Waals surface area contributed by atoms with Crippen molar-refractivity contribution in [1.29, 1.82) is 0 Å².